The van der Waals surface area contributed by atoms with Crippen LogP contribution < -0.4 is 0 Å². The third-order valence-electron chi connectivity index (χ3n) is 4.18. The minimum Gasteiger partial charge on any atom is -0.339 e. The van der Waals surface area contributed by atoms with Crippen LogP contribution in [-0.4, -0.2) is 62.6 Å². The van der Waals surface area contributed by atoms with Crippen LogP contribution in [0.4, 0.5) is 0 Å². The second-order valence-corrected chi connectivity index (χ2v) is 6.12. The minimum atomic E-state index is -0.0418. The summed E-state index contributed by atoms with van der Waals surface area (Å²) >= 11 is 0. The second-order valence-electron chi connectivity index (χ2n) is 6.12. The van der Waals surface area contributed by atoms with Crippen molar-refractivity contribution in [1.29, 1.82) is 0 Å². The van der Waals surface area contributed by atoms with Crippen molar-refractivity contribution >= 4 is 22.8 Å². The van der Waals surface area contributed by atoms with Gasteiger partial charge in [-0.3, -0.25) is 9.59 Å². The Bertz CT molecular complexity index is 744. The predicted octanol–water partition coefficient (Wildman–Crippen LogP) is 1.32. The zero-order chi connectivity index (χ0) is 16.6. The quantitative estimate of drug-likeness (QED) is 0.838. The zero-order valence-electron chi connectivity index (χ0n) is 13.7. The van der Waals surface area contributed by atoms with E-state index in [-0.39, 0.29) is 17.9 Å². The van der Waals surface area contributed by atoms with E-state index in [0.717, 1.165) is 11.0 Å². The molecule has 0 bridgehead atoms. The lowest BCUT2D eigenvalue weighted by molar-refractivity contribution is -0.130. The molecule has 0 spiro atoms. The van der Waals surface area contributed by atoms with Crippen LogP contribution in [0.3, 0.4) is 0 Å². The summed E-state index contributed by atoms with van der Waals surface area (Å²) in [4.78, 5) is 31.9. The van der Waals surface area contributed by atoms with Crippen LogP contribution in [0.2, 0.25) is 0 Å². The summed E-state index contributed by atoms with van der Waals surface area (Å²) < 4.78 is 1.84. The van der Waals surface area contributed by atoms with Gasteiger partial charge in [0.1, 0.15) is 0 Å². The third-order valence-corrected chi connectivity index (χ3v) is 4.18. The van der Waals surface area contributed by atoms with Crippen LogP contribution in [0, 0.1) is 0 Å². The van der Waals surface area contributed by atoms with Gasteiger partial charge in [-0.25, -0.2) is 9.67 Å². The number of hydrogen-bond donors (Lipinski definition) is 0. The molecule has 1 saturated heterocycles. The fourth-order valence-corrected chi connectivity index (χ4v) is 2.84. The highest BCUT2D eigenvalue weighted by Gasteiger charge is 2.24. The number of piperazine rings is 1. The number of pyridine rings is 1. The first-order chi connectivity index (χ1) is 11.0. The monoisotopic (exact) mass is 315 g/mol. The number of carbonyl (C=O) groups is 2. The first kappa shape index (κ1) is 15.5. The summed E-state index contributed by atoms with van der Waals surface area (Å²) in [6, 6.07) is 2.06. The van der Waals surface area contributed by atoms with Crippen molar-refractivity contribution in [3.8, 4) is 0 Å². The fourth-order valence-electron chi connectivity index (χ4n) is 2.84. The molecule has 2 aromatic heterocycles. The standard InChI is InChI=1S/C16H21N5O2/c1-11(2)21-15-13(10-18-21)8-14(9-17-15)16(23)20-6-4-19(5-7-20)12(3)22/h8-11H,4-7H2,1-3H3. The first-order valence-corrected chi connectivity index (χ1v) is 7.85. The molecule has 7 heteroatoms. The third kappa shape index (κ3) is 2.91. The van der Waals surface area contributed by atoms with E-state index in [9.17, 15) is 9.59 Å². The molecule has 3 rings (SSSR count). The van der Waals surface area contributed by atoms with Gasteiger partial charge in [0.15, 0.2) is 5.65 Å². The Labute approximate surface area is 134 Å². The highest BCUT2D eigenvalue weighted by molar-refractivity contribution is 5.97. The normalized spacial score (nSPS) is 15.5. The van der Waals surface area contributed by atoms with Gasteiger partial charge in [0.2, 0.25) is 5.91 Å². The molecule has 2 amide bonds. The molecule has 1 aliphatic rings. The molecule has 2 aromatic rings. The van der Waals surface area contributed by atoms with E-state index in [1.807, 2.05) is 24.6 Å². The minimum absolute atomic E-state index is 0.0418. The lowest BCUT2D eigenvalue weighted by Gasteiger charge is -2.34. The van der Waals surface area contributed by atoms with Crippen molar-refractivity contribution in [2.45, 2.75) is 26.8 Å². The fraction of sp³-hybridized carbons (Fsp3) is 0.500. The molecule has 0 N–H and O–H groups in total. The molecule has 1 aliphatic heterocycles. The molecule has 3 heterocycles. The van der Waals surface area contributed by atoms with Gasteiger partial charge in [-0.1, -0.05) is 0 Å². The SMILES string of the molecule is CC(=O)N1CCN(C(=O)c2cnc3c(cnn3C(C)C)c2)CC1. The second kappa shape index (κ2) is 5.98. The highest BCUT2D eigenvalue weighted by Crippen LogP contribution is 2.18. The molecule has 122 valence electrons. The summed E-state index contributed by atoms with van der Waals surface area (Å²) in [5.41, 5.74) is 1.36. The van der Waals surface area contributed by atoms with Crippen molar-refractivity contribution in [3.05, 3.63) is 24.0 Å². The van der Waals surface area contributed by atoms with Gasteiger partial charge in [0.05, 0.1) is 11.8 Å². The number of aromatic nitrogens is 3. The van der Waals surface area contributed by atoms with Crippen LogP contribution in [0.25, 0.3) is 11.0 Å². The summed E-state index contributed by atoms with van der Waals surface area (Å²) in [6.07, 6.45) is 3.36. The molecule has 0 aromatic carbocycles. The van der Waals surface area contributed by atoms with Crippen LogP contribution in [0.5, 0.6) is 0 Å². The molecular formula is C16H21N5O2. The topological polar surface area (TPSA) is 71.3 Å². The van der Waals surface area contributed by atoms with Crippen molar-refractivity contribution in [1.82, 2.24) is 24.6 Å². The number of carbonyl (C=O) groups excluding carboxylic acids is 2. The van der Waals surface area contributed by atoms with Gasteiger partial charge in [-0.05, 0) is 19.9 Å². The lowest BCUT2D eigenvalue weighted by atomic mass is 10.2. The number of hydrogen-bond acceptors (Lipinski definition) is 4. The van der Waals surface area contributed by atoms with Gasteiger partial charge in [0, 0.05) is 50.7 Å². The van der Waals surface area contributed by atoms with Gasteiger partial charge in [-0.15, -0.1) is 0 Å². The average molecular weight is 315 g/mol. The Morgan fingerprint density at radius 1 is 1.09 bits per heavy atom. The van der Waals surface area contributed by atoms with E-state index in [1.54, 1.807) is 29.1 Å². The Morgan fingerprint density at radius 3 is 2.35 bits per heavy atom. The van der Waals surface area contributed by atoms with Gasteiger partial charge >= 0.3 is 0 Å². The number of fused-ring (bicyclic) bond motifs is 1. The molecule has 1 fully saturated rings. The zero-order valence-corrected chi connectivity index (χ0v) is 13.7. The molecular weight excluding hydrogens is 294 g/mol. The lowest BCUT2D eigenvalue weighted by Crippen LogP contribution is -2.50. The maximum Gasteiger partial charge on any atom is 0.255 e. The highest BCUT2D eigenvalue weighted by atomic mass is 16.2. The molecule has 0 radical (unpaired) electrons. The molecule has 0 unspecified atom stereocenters. The van der Waals surface area contributed by atoms with E-state index in [0.29, 0.717) is 31.7 Å². The Hall–Kier alpha value is -2.44. The average Bonchev–Trinajstić information content (AvgIpc) is 2.97. The number of rotatable bonds is 2. The maximum absolute atomic E-state index is 12.6. The van der Waals surface area contributed by atoms with Crippen molar-refractivity contribution in [2.24, 2.45) is 0 Å². The van der Waals surface area contributed by atoms with Crippen LogP contribution in [0.1, 0.15) is 37.2 Å². The van der Waals surface area contributed by atoms with Crippen LogP contribution in [0.15, 0.2) is 18.5 Å². The van der Waals surface area contributed by atoms with E-state index >= 15 is 0 Å². The van der Waals surface area contributed by atoms with Crippen molar-refractivity contribution < 1.29 is 9.59 Å². The smallest absolute Gasteiger partial charge is 0.255 e. The molecule has 0 saturated carbocycles. The van der Waals surface area contributed by atoms with Gasteiger partial charge < -0.3 is 9.80 Å². The van der Waals surface area contributed by atoms with Crippen molar-refractivity contribution in [3.63, 3.8) is 0 Å². The molecule has 0 atom stereocenters. The Kier molecular flexibility index (Phi) is 4.02. The van der Waals surface area contributed by atoms with Crippen molar-refractivity contribution in [2.75, 3.05) is 26.2 Å². The van der Waals surface area contributed by atoms with E-state index in [4.69, 9.17) is 0 Å². The van der Waals surface area contributed by atoms with E-state index < -0.39 is 0 Å². The molecule has 23 heavy (non-hydrogen) atoms. The largest absolute Gasteiger partial charge is 0.339 e. The first-order valence-electron chi connectivity index (χ1n) is 7.85. The molecule has 0 aliphatic carbocycles. The Balaban J connectivity index is 1.78. The van der Waals surface area contributed by atoms with E-state index in [2.05, 4.69) is 10.1 Å². The van der Waals surface area contributed by atoms with Gasteiger partial charge in [0.25, 0.3) is 5.91 Å². The molecule has 7 nitrogen and oxygen atoms in total. The number of nitrogens with zero attached hydrogens (tertiary/aromatic N) is 5. The predicted molar refractivity (Wildman–Crippen MR) is 86.1 cm³/mol. The van der Waals surface area contributed by atoms with Gasteiger partial charge in [-0.2, -0.15) is 5.10 Å². The Morgan fingerprint density at radius 2 is 1.74 bits per heavy atom. The van der Waals surface area contributed by atoms with Crippen LogP contribution >= 0.6 is 0 Å². The summed E-state index contributed by atoms with van der Waals surface area (Å²) in [7, 11) is 0. The maximum atomic E-state index is 12.6. The summed E-state index contributed by atoms with van der Waals surface area (Å²) in [5.74, 6) is 0.0150. The summed E-state index contributed by atoms with van der Waals surface area (Å²) in [6.45, 7) is 7.93. The van der Waals surface area contributed by atoms with Crippen LogP contribution in [-0.2, 0) is 4.79 Å². The summed E-state index contributed by atoms with van der Waals surface area (Å²) in [5, 5.41) is 5.19. The number of amides is 2. The van der Waals surface area contributed by atoms with E-state index in [1.165, 1.54) is 0 Å².